The van der Waals surface area contributed by atoms with Gasteiger partial charge < -0.3 is 10.1 Å². The van der Waals surface area contributed by atoms with Gasteiger partial charge in [0, 0.05) is 11.0 Å². The first-order chi connectivity index (χ1) is 9.72. The molecule has 20 heavy (non-hydrogen) atoms. The normalized spacial score (nSPS) is 17.7. The van der Waals surface area contributed by atoms with Crippen LogP contribution in [0.2, 0.25) is 0 Å². The molecular formula is C17H25NO2. The molecule has 0 aliphatic carbocycles. The number of nitrogens with one attached hydrogen (secondary N) is 1. The van der Waals surface area contributed by atoms with Crippen LogP contribution in [0.3, 0.4) is 0 Å². The predicted octanol–water partition coefficient (Wildman–Crippen LogP) is 3.44. The summed E-state index contributed by atoms with van der Waals surface area (Å²) in [6.07, 6.45) is 3.79. The number of ether oxygens (including phenoxy) is 1. The summed E-state index contributed by atoms with van der Waals surface area (Å²) >= 11 is 0. The molecule has 1 fully saturated rings. The van der Waals surface area contributed by atoms with Crippen molar-refractivity contribution in [3.05, 3.63) is 29.8 Å². The Morgan fingerprint density at radius 2 is 1.85 bits per heavy atom. The second kappa shape index (κ2) is 6.89. The molecule has 0 atom stereocenters. The highest BCUT2D eigenvalue weighted by molar-refractivity contribution is 6.00. The van der Waals surface area contributed by atoms with Gasteiger partial charge in [-0.05, 0) is 63.0 Å². The van der Waals surface area contributed by atoms with Crippen molar-refractivity contribution in [2.45, 2.75) is 39.5 Å². The van der Waals surface area contributed by atoms with Gasteiger partial charge in [-0.3, -0.25) is 4.79 Å². The van der Waals surface area contributed by atoms with Crippen molar-refractivity contribution in [2.75, 3.05) is 19.7 Å². The summed E-state index contributed by atoms with van der Waals surface area (Å²) in [5.41, 5.74) is 0.648. The zero-order valence-corrected chi connectivity index (χ0v) is 12.6. The molecule has 1 aromatic carbocycles. The maximum absolute atomic E-state index is 12.8. The summed E-state index contributed by atoms with van der Waals surface area (Å²) < 4.78 is 5.57. The minimum absolute atomic E-state index is 0.170. The number of carbonyl (C=O) groups is 1. The van der Waals surface area contributed by atoms with E-state index in [1.165, 1.54) is 0 Å². The summed E-state index contributed by atoms with van der Waals surface area (Å²) in [5.74, 6) is 1.14. The van der Waals surface area contributed by atoms with Gasteiger partial charge in [-0.2, -0.15) is 0 Å². The number of rotatable bonds is 6. The van der Waals surface area contributed by atoms with Gasteiger partial charge in [-0.1, -0.05) is 13.8 Å². The molecule has 110 valence electrons. The topological polar surface area (TPSA) is 38.3 Å². The Bertz CT molecular complexity index is 433. The Hall–Kier alpha value is -1.35. The molecule has 1 aliphatic rings. The van der Waals surface area contributed by atoms with E-state index in [0.717, 1.165) is 56.7 Å². The number of hydrogen-bond donors (Lipinski definition) is 1. The van der Waals surface area contributed by atoms with E-state index in [-0.39, 0.29) is 5.41 Å². The molecule has 0 unspecified atom stereocenters. The first-order valence-electron chi connectivity index (χ1n) is 7.70. The number of piperidine rings is 1. The molecule has 0 amide bonds. The molecular weight excluding hydrogens is 250 g/mol. The van der Waals surface area contributed by atoms with Gasteiger partial charge in [-0.25, -0.2) is 0 Å². The third-order valence-corrected chi connectivity index (χ3v) is 4.31. The van der Waals surface area contributed by atoms with Gasteiger partial charge in [0.25, 0.3) is 0 Å². The zero-order valence-electron chi connectivity index (χ0n) is 12.6. The summed E-state index contributed by atoms with van der Waals surface area (Å²) in [7, 11) is 0. The quantitative estimate of drug-likeness (QED) is 0.808. The standard InChI is InChI=1S/C17H25NO2/c1-3-13-20-15-7-5-14(6-8-15)16(19)17(4-2)9-11-18-12-10-17/h5-8,18H,3-4,9-13H2,1-2H3. The Morgan fingerprint density at radius 3 is 2.40 bits per heavy atom. The molecule has 1 heterocycles. The van der Waals surface area contributed by atoms with E-state index in [1.54, 1.807) is 0 Å². The molecule has 0 spiro atoms. The largest absolute Gasteiger partial charge is 0.494 e. The van der Waals surface area contributed by atoms with E-state index in [9.17, 15) is 4.79 Å². The van der Waals surface area contributed by atoms with E-state index in [1.807, 2.05) is 24.3 Å². The minimum Gasteiger partial charge on any atom is -0.494 e. The van der Waals surface area contributed by atoms with Gasteiger partial charge in [0.15, 0.2) is 5.78 Å². The molecule has 0 aromatic heterocycles. The smallest absolute Gasteiger partial charge is 0.169 e. The zero-order chi connectivity index (χ0) is 14.4. The summed E-state index contributed by atoms with van der Waals surface area (Å²) in [5, 5.41) is 3.34. The van der Waals surface area contributed by atoms with Crippen molar-refractivity contribution in [1.29, 1.82) is 0 Å². The minimum atomic E-state index is -0.170. The molecule has 3 heteroatoms. The van der Waals surface area contributed by atoms with Gasteiger partial charge in [-0.15, -0.1) is 0 Å². The van der Waals surface area contributed by atoms with E-state index in [0.29, 0.717) is 5.78 Å². The number of carbonyl (C=O) groups excluding carboxylic acids is 1. The Labute approximate surface area is 121 Å². The third-order valence-electron chi connectivity index (χ3n) is 4.31. The average Bonchev–Trinajstić information content (AvgIpc) is 2.53. The molecule has 0 saturated carbocycles. The van der Waals surface area contributed by atoms with Crippen LogP contribution in [0.5, 0.6) is 5.75 Å². The van der Waals surface area contributed by atoms with Crippen molar-refractivity contribution >= 4 is 5.78 Å². The lowest BCUT2D eigenvalue weighted by molar-refractivity contribution is 0.0717. The van der Waals surface area contributed by atoms with Crippen LogP contribution in [0.1, 0.15) is 49.9 Å². The number of hydrogen-bond acceptors (Lipinski definition) is 3. The van der Waals surface area contributed by atoms with Crippen molar-refractivity contribution < 1.29 is 9.53 Å². The van der Waals surface area contributed by atoms with Crippen molar-refractivity contribution in [3.63, 3.8) is 0 Å². The summed E-state index contributed by atoms with van der Waals surface area (Å²) in [6.45, 7) is 6.81. The first kappa shape index (κ1) is 15.0. The average molecular weight is 275 g/mol. The Kier molecular flexibility index (Phi) is 5.18. The van der Waals surface area contributed by atoms with Crippen LogP contribution in [0.4, 0.5) is 0 Å². The van der Waals surface area contributed by atoms with Crippen molar-refractivity contribution in [2.24, 2.45) is 5.41 Å². The highest BCUT2D eigenvalue weighted by Crippen LogP contribution is 2.36. The lowest BCUT2D eigenvalue weighted by Crippen LogP contribution is -2.41. The number of ketones is 1. The fourth-order valence-electron chi connectivity index (χ4n) is 2.88. The highest BCUT2D eigenvalue weighted by atomic mass is 16.5. The number of benzene rings is 1. The molecule has 0 bridgehead atoms. The molecule has 0 radical (unpaired) electrons. The lowest BCUT2D eigenvalue weighted by Gasteiger charge is -2.35. The Morgan fingerprint density at radius 1 is 1.20 bits per heavy atom. The first-order valence-corrected chi connectivity index (χ1v) is 7.70. The fraction of sp³-hybridized carbons (Fsp3) is 0.588. The van der Waals surface area contributed by atoms with Gasteiger partial charge in [0.2, 0.25) is 0 Å². The third kappa shape index (κ3) is 3.21. The Balaban J connectivity index is 2.11. The van der Waals surface area contributed by atoms with Crippen LogP contribution in [-0.4, -0.2) is 25.5 Å². The van der Waals surface area contributed by atoms with Gasteiger partial charge in [0.1, 0.15) is 5.75 Å². The maximum Gasteiger partial charge on any atom is 0.169 e. The van der Waals surface area contributed by atoms with Gasteiger partial charge in [0.05, 0.1) is 6.61 Å². The fourth-order valence-corrected chi connectivity index (χ4v) is 2.88. The molecule has 3 nitrogen and oxygen atoms in total. The predicted molar refractivity (Wildman–Crippen MR) is 81.4 cm³/mol. The van der Waals surface area contributed by atoms with Crippen LogP contribution in [-0.2, 0) is 0 Å². The van der Waals surface area contributed by atoms with Crippen LogP contribution in [0.25, 0.3) is 0 Å². The van der Waals surface area contributed by atoms with E-state index in [2.05, 4.69) is 19.2 Å². The van der Waals surface area contributed by atoms with Crippen molar-refractivity contribution in [3.8, 4) is 5.75 Å². The molecule has 1 aliphatic heterocycles. The summed E-state index contributed by atoms with van der Waals surface area (Å²) in [6, 6.07) is 7.64. The molecule has 1 saturated heterocycles. The van der Waals surface area contributed by atoms with E-state index >= 15 is 0 Å². The molecule has 2 rings (SSSR count). The second-order valence-electron chi connectivity index (χ2n) is 5.59. The summed E-state index contributed by atoms with van der Waals surface area (Å²) in [4.78, 5) is 12.8. The van der Waals surface area contributed by atoms with Crippen LogP contribution >= 0.6 is 0 Å². The van der Waals surface area contributed by atoms with Gasteiger partial charge >= 0.3 is 0 Å². The maximum atomic E-state index is 12.8. The number of Topliss-reactive ketones (excluding diaryl/α,β-unsaturated/α-hetero) is 1. The lowest BCUT2D eigenvalue weighted by atomic mass is 9.71. The molecule has 1 N–H and O–H groups in total. The SMILES string of the molecule is CCCOc1ccc(C(=O)C2(CC)CCNCC2)cc1. The van der Waals surface area contributed by atoms with E-state index < -0.39 is 0 Å². The van der Waals surface area contributed by atoms with Crippen molar-refractivity contribution in [1.82, 2.24) is 5.32 Å². The van der Waals surface area contributed by atoms with Crippen LogP contribution in [0.15, 0.2) is 24.3 Å². The second-order valence-corrected chi connectivity index (χ2v) is 5.59. The van der Waals surface area contributed by atoms with E-state index in [4.69, 9.17) is 4.74 Å². The highest BCUT2D eigenvalue weighted by Gasteiger charge is 2.37. The van der Waals surface area contributed by atoms with Crippen LogP contribution < -0.4 is 10.1 Å². The monoisotopic (exact) mass is 275 g/mol. The van der Waals surface area contributed by atoms with Crippen LogP contribution in [0, 0.1) is 5.41 Å². The molecule has 1 aromatic rings.